The Hall–Kier alpha value is -0.720. The molecule has 0 bridgehead atoms. The van der Waals surface area contributed by atoms with Crippen LogP contribution in [0.15, 0.2) is 11.1 Å². The van der Waals surface area contributed by atoms with Gasteiger partial charge in [0.1, 0.15) is 0 Å². The predicted molar refractivity (Wildman–Crippen MR) is 42.9 cm³/mol. The normalized spacial score (nSPS) is 16.0. The number of aliphatic hydroxyl groups is 1. The van der Waals surface area contributed by atoms with E-state index in [1.54, 1.807) is 14.0 Å². The Bertz CT molecular complexity index is 308. The van der Waals surface area contributed by atoms with Crippen molar-refractivity contribution in [2.24, 2.45) is 7.05 Å². The first kappa shape index (κ1) is 9.37. The van der Waals surface area contributed by atoms with Gasteiger partial charge >= 0.3 is 0 Å². The van der Waals surface area contributed by atoms with Crippen LogP contribution in [0.3, 0.4) is 0 Å². The van der Waals surface area contributed by atoms with E-state index in [1.165, 1.54) is 10.7 Å². The van der Waals surface area contributed by atoms with E-state index in [2.05, 4.69) is 5.10 Å². The fourth-order valence-corrected chi connectivity index (χ4v) is 1.34. The number of rotatable bonds is 2. The van der Waals surface area contributed by atoms with Crippen LogP contribution in [0, 0.1) is 0 Å². The summed E-state index contributed by atoms with van der Waals surface area (Å²) in [5.41, 5.74) is 0.521. The molecule has 1 heterocycles. The minimum absolute atomic E-state index is 0.0633. The van der Waals surface area contributed by atoms with E-state index >= 15 is 0 Å². The van der Waals surface area contributed by atoms with Crippen molar-refractivity contribution in [3.8, 4) is 0 Å². The molecular weight excluding hydrogens is 180 g/mol. The van der Waals surface area contributed by atoms with Crippen molar-refractivity contribution in [1.82, 2.24) is 9.78 Å². The van der Waals surface area contributed by atoms with Crippen LogP contribution in [0.2, 0.25) is 0 Å². The van der Waals surface area contributed by atoms with Gasteiger partial charge in [0.15, 0.2) is 5.03 Å². The molecule has 0 saturated carbocycles. The number of aryl methyl sites for hydroxylation is 1. The molecular formula is C6H10N2O3S. The molecule has 5 nitrogen and oxygen atoms in total. The summed E-state index contributed by atoms with van der Waals surface area (Å²) >= 11 is -2.08. The van der Waals surface area contributed by atoms with E-state index in [0.717, 1.165) is 0 Å². The first-order chi connectivity index (χ1) is 5.52. The lowest BCUT2D eigenvalue weighted by molar-refractivity contribution is 0.189. The Morgan fingerprint density at radius 3 is 2.58 bits per heavy atom. The Labute approximate surface area is 72.3 Å². The summed E-state index contributed by atoms with van der Waals surface area (Å²) in [5.74, 6) is 0. The first-order valence-corrected chi connectivity index (χ1v) is 4.46. The zero-order chi connectivity index (χ0) is 9.30. The summed E-state index contributed by atoms with van der Waals surface area (Å²) in [6.07, 6.45) is -0.681. The van der Waals surface area contributed by atoms with Crippen molar-refractivity contribution in [3.05, 3.63) is 11.8 Å². The van der Waals surface area contributed by atoms with Gasteiger partial charge in [-0.05, 0) is 6.92 Å². The fourth-order valence-electron chi connectivity index (χ4n) is 0.931. The van der Waals surface area contributed by atoms with Crippen LogP contribution in [0.5, 0.6) is 0 Å². The summed E-state index contributed by atoms with van der Waals surface area (Å²) < 4.78 is 20.6. The van der Waals surface area contributed by atoms with Crippen molar-refractivity contribution < 1.29 is 13.9 Å². The van der Waals surface area contributed by atoms with E-state index in [0.29, 0.717) is 5.69 Å². The van der Waals surface area contributed by atoms with Gasteiger partial charge in [0, 0.05) is 13.1 Å². The largest absolute Gasteiger partial charge is 0.387 e. The maximum Gasteiger partial charge on any atom is 0.207 e. The minimum atomic E-state index is -2.08. The number of hydrogen-bond acceptors (Lipinski definition) is 3. The average molecular weight is 190 g/mol. The van der Waals surface area contributed by atoms with Crippen LogP contribution in [0.25, 0.3) is 0 Å². The van der Waals surface area contributed by atoms with Crippen LogP contribution < -0.4 is 0 Å². The van der Waals surface area contributed by atoms with Crippen LogP contribution >= 0.6 is 0 Å². The van der Waals surface area contributed by atoms with Crippen LogP contribution in [-0.4, -0.2) is 23.6 Å². The molecule has 1 aromatic heterocycles. The molecule has 0 amide bonds. The lowest BCUT2D eigenvalue weighted by Gasteiger charge is -2.01. The monoisotopic (exact) mass is 190 g/mol. The SMILES string of the molecule is CC(O)c1cc(S(=O)O)nn1C. The molecule has 0 aliphatic rings. The zero-order valence-electron chi connectivity index (χ0n) is 6.76. The summed E-state index contributed by atoms with van der Waals surface area (Å²) in [5, 5.41) is 13.0. The summed E-state index contributed by atoms with van der Waals surface area (Å²) in [7, 11) is 1.61. The molecule has 0 aliphatic carbocycles. The van der Waals surface area contributed by atoms with E-state index in [9.17, 15) is 4.21 Å². The van der Waals surface area contributed by atoms with Crippen molar-refractivity contribution >= 4 is 11.1 Å². The molecule has 0 spiro atoms. The molecule has 2 unspecified atom stereocenters. The van der Waals surface area contributed by atoms with Gasteiger partial charge in [0.05, 0.1) is 11.8 Å². The third kappa shape index (κ3) is 1.71. The second kappa shape index (κ2) is 3.34. The maximum atomic E-state index is 10.5. The van der Waals surface area contributed by atoms with Gasteiger partial charge in [-0.2, -0.15) is 5.10 Å². The van der Waals surface area contributed by atoms with Crippen molar-refractivity contribution in [3.63, 3.8) is 0 Å². The van der Waals surface area contributed by atoms with Gasteiger partial charge in [-0.3, -0.25) is 4.68 Å². The van der Waals surface area contributed by atoms with Crippen molar-refractivity contribution in [2.75, 3.05) is 0 Å². The molecule has 68 valence electrons. The highest BCUT2D eigenvalue weighted by Crippen LogP contribution is 2.13. The highest BCUT2D eigenvalue weighted by atomic mass is 32.2. The molecule has 2 atom stereocenters. The number of nitrogens with zero attached hydrogens (tertiary/aromatic N) is 2. The molecule has 1 rings (SSSR count). The minimum Gasteiger partial charge on any atom is -0.387 e. The Kier molecular flexibility index (Phi) is 2.61. The third-order valence-electron chi connectivity index (χ3n) is 1.50. The smallest absolute Gasteiger partial charge is 0.207 e. The van der Waals surface area contributed by atoms with Gasteiger partial charge in [0.25, 0.3) is 0 Å². The number of hydrogen-bond donors (Lipinski definition) is 2. The predicted octanol–water partition coefficient (Wildman–Crippen LogP) is 0.0540. The lowest BCUT2D eigenvalue weighted by atomic mass is 10.3. The number of aromatic nitrogens is 2. The average Bonchev–Trinajstić information content (AvgIpc) is 2.30. The second-order valence-corrected chi connectivity index (χ2v) is 3.37. The topological polar surface area (TPSA) is 75.3 Å². The Morgan fingerprint density at radius 1 is 1.75 bits per heavy atom. The van der Waals surface area contributed by atoms with Crippen LogP contribution in [-0.2, 0) is 18.1 Å². The molecule has 0 aromatic carbocycles. The highest BCUT2D eigenvalue weighted by Gasteiger charge is 2.12. The maximum absolute atomic E-state index is 10.5. The molecule has 0 radical (unpaired) electrons. The van der Waals surface area contributed by atoms with E-state index in [-0.39, 0.29) is 5.03 Å². The molecule has 6 heteroatoms. The van der Waals surface area contributed by atoms with Gasteiger partial charge in [0.2, 0.25) is 11.1 Å². The standard InChI is InChI=1S/C6H10N2O3S/c1-4(9)5-3-6(12(10)11)7-8(5)2/h3-4,9H,1-2H3,(H,10,11). The van der Waals surface area contributed by atoms with E-state index in [4.69, 9.17) is 9.66 Å². The van der Waals surface area contributed by atoms with Gasteiger partial charge in [-0.15, -0.1) is 0 Å². The summed E-state index contributed by atoms with van der Waals surface area (Å²) in [6.45, 7) is 1.57. The number of aliphatic hydroxyl groups excluding tert-OH is 1. The first-order valence-electron chi connectivity index (χ1n) is 3.35. The molecule has 12 heavy (non-hydrogen) atoms. The molecule has 2 N–H and O–H groups in total. The van der Waals surface area contributed by atoms with Crippen molar-refractivity contribution in [1.29, 1.82) is 0 Å². The Balaban J connectivity index is 3.09. The van der Waals surface area contributed by atoms with Crippen LogP contribution in [0.4, 0.5) is 0 Å². The third-order valence-corrected chi connectivity index (χ3v) is 2.06. The van der Waals surface area contributed by atoms with Crippen LogP contribution in [0.1, 0.15) is 18.7 Å². The van der Waals surface area contributed by atoms with Crippen molar-refractivity contribution in [2.45, 2.75) is 18.1 Å². The lowest BCUT2D eigenvalue weighted by Crippen LogP contribution is -2.01. The summed E-state index contributed by atoms with van der Waals surface area (Å²) in [6, 6.07) is 1.40. The molecule has 0 fully saturated rings. The quantitative estimate of drug-likeness (QED) is 0.646. The molecule has 1 aromatic rings. The fraction of sp³-hybridized carbons (Fsp3) is 0.500. The highest BCUT2D eigenvalue weighted by molar-refractivity contribution is 7.79. The van der Waals surface area contributed by atoms with E-state index < -0.39 is 17.2 Å². The van der Waals surface area contributed by atoms with Gasteiger partial charge < -0.3 is 9.66 Å². The zero-order valence-corrected chi connectivity index (χ0v) is 7.58. The molecule has 0 aliphatic heterocycles. The van der Waals surface area contributed by atoms with Gasteiger partial charge in [-0.1, -0.05) is 0 Å². The molecule has 0 saturated heterocycles. The van der Waals surface area contributed by atoms with E-state index in [1.807, 2.05) is 0 Å². The van der Waals surface area contributed by atoms with Gasteiger partial charge in [-0.25, -0.2) is 4.21 Å². The second-order valence-electron chi connectivity index (χ2n) is 2.46. The summed E-state index contributed by atoms with van der Waals surface area (Å²) in [4.78, 5) is 0. The Morgan fingerprint density at radius 2 is 2.33 bits per heavy atom.